The predicted octanol–water partition coefficient (Wildman–Crippen LogP) is 2.46. The summed E-state index contributed by atoms with van der Waals surface area (Å²) in [6, 6.07) is 5.29. The highest BCUT2D eigenvalue weighted by atomic mass is 19.3. The molecule has 4 rings (SSSR count). The Bertz CT molecular complexity index is 1250. The standard InChI is InChI=1S/C26H30F2N6O3/c1-2-7-34(8-9-35)24(36)17-10-16-3-4-19(13-22(16)33-23(29)12-17)26(27,28)25(37)32-20-11-18-14-30-6-5-21(18)31-15-20/h3-4,10-11,13,15,30,35H,2,5-9,12,14H2,1H3,(H2,29,33)(H,32,37). The summed E-state index contributed by atoms with van der Waals surface area (Å²) in [6.07, 6.45) is 4.42. The van der Waals surface area contributed by atoms with Gasteiger partial charge in [-0.05, 0) is 30.2 Å². The molecule has 0 bridgehead atoms. The Morgan fingerprint density at radius 1 is 1.27 bits per heavy atom. The highest BCUT2D eigenvalue weighted by Crippen LogP contribution is 2.36. The van der Waals surface area contributed by atoms with Crippen LogP contribution in [0.25, 0.3) is 6.08 Å². The van der Waals surface area contributed by atoms with E-state index in [1.165, 1.54) is 17.2 Å². The predicted molar refractivity (Wildman–Crippen MR) is 136 cm³/mol. The first-order valence-electron chi connectivity index (χ1n) is 12.2. The number of nitrogens with zero attached hydrogens (tertiary/aromatic N) is 3. The quantitative estimate of drug-likeness (QED) is 0.430. The van der Waals surface area contributed by atoms with Gasteiger partial charge in [0.25, 0.3) is 5.91 Å². The van der Waals surface area contributed by atoms with Gasteiger partial charge in [0.15, 0.2) is 0 Å². The Balaban J connectivity index is 1.58. The van der Waals surface area contributed by atoms with E-state index in [9.17, 15) is 14.7 Å². The molecule has 2 amide bonds. The zero-order valence-electron chi connectivity index (χ0n) is 20.6. The average molecular weight is 513 g/mol. The van der Waals surface area contributed by atoms with Gasteiger partial charge in [-0.1, -0.05) is 19.1 Å². The van der Waals surface area contributed by atoms with Crippen LogP contribution in [0, 0.1) is 0 Å². The second-order valence-electron chi connectivity index (χ2n) is 9.02. The fraction of sp³-hybridized carbons (Fsp3) is 0.385. The lowest BCUT2D eigenvalue weighted by atomic mass is 10.0. The summed E-state index contributed by atoms with van der Waals surface area (Å²) in [7, 11) is 0. The molecule has 0 saturated carbocycles. The van der Waals surface area contributed by atoms with Crippen molar-refractivity contribution in [2.24, 2.45) is 10.7 Å². The van der Waals surface area contributed by atoms with Crippen LogP contribution in [0.2, 0.25) is 0 Å². The molecule has 0 fully saturated rings. The van der Waals surface area contributed by atoms with Gasteiger partial charge in [0.2, 0.25) is 5.91 Å². The minimum Gasteiger partial charge on any atom is -0.395 e. The van der Waals surface area contributed by atoms with E-state index in [-0.39, 0.29) is 42.7 Å². The van der Waals surface area contributed by atoms with E-state index >= 15 is 8.78 Å². The Morgan fingerprint density at radius 2 is 2.08 bits per heavy atom. The van der Waals surface area contributed by atoms with E-state index in [4.69, 9.17) is 5.73 Å². The molecule has 0 spiro atoms. The van der Waals surface area contributed by atoms with Crippen LogP contribution in [0.1, 0.15) is 42.1 Å². The fourth-order valence-electron chi connectivity index (χ4n) is 4.39. The van der Waals surface area contributed by atoms with Crippen LogP contribution in [0.3, 0.4) is 0 Å². The lowest BCUT2D eigenvalue weighted by molar-refractivity contribution is -0.140. The number of carbonyl (C=O) groups excluding carboxylic acids is 2. The van der Waals surface area contributed by atoms with Gasteiger partial charge in [-0.3, -0.25) is 14.6 Å². The fourth-order valence-corrected chi connectivity index (χ4v) is 4.39. The molecule has 196 valence electrons. The number of anilines is 1. The first-order chi connectivity index (χ1) is 17.7. The number of nitrogens with one attached hydrogen (secondary N) is 2. The van der Waals surface area contributed by atoms with Crippen LogP contribution in [-0.4, -0.2) is 58.9 Å². The number of pyridine rings is 1. The molecule has 1 aromatic heterocycles. The van der Waals surface area contributed by atoms with Crippen molar-refractivity contribution in [1.82, 2.24) is 15.2 Å². The number of fused-ring (bicyclic) bond motifs is 2. The molecule has 2 aromatic rings. The molecule has 2 aliphatic rings. The maximum Gasteiger partial charge on any atom is 0.350 e. The molecule has 0 aliphatic carbocycles. The summed E-state index contributed by atoms with van der Waals surface area (Å²) in [5.41, 5.74) is 8.29. The maximum absolute atomic E-state index is 15.2. The Labute approximate surface area is 213 Å². The summed E-state index contributed by atoms with van der Waals surface area (Å²) in [5.74, 6) is -5.57. The minimum atomic E-state index is -3.86. The zero-order chi connectivity index (χ0) is 26.6. The average Bonchev–Trinajstić information content (AvgIpc) is 3.05. The first kappa shape index (κ1) is 26.4. The van der Waals surface area contributed by atoms with Gasteiger partial charge in [0, 0.05) is 61.4 Å². The zero-order valence-corrected chi connectivity index (χ0v) is 20.6. The number of halogens is 2. The van der Waals surface area contributed by atoms with Crippen molar-refractivity contribution in [3.8, 4) is 0 Å². The summed E-state index contributed by atoms with van der Waals surface area (Å²) in [5, 5.41) is 14.7. The third-order valence-corrected chi connectivity index (χ3v) is 6.24. The molecule has 3 heterocycles. The van der Waals surface area contributed by atoms with Crippen molar-refractivity contribution in [2.75, 3.05) is 31.6 Å². The minimum absolute atomic E-state index is 0.0333. The molecule has 11 heteroatoms. The smallest absolute Gasteiger partial charge is 0.350 e. The number of hydrogen-bond acceptors (Lipinski definition) is 7. The van der Waals surface area contributed by atoms with Gasteiger partial charge in [-0.25, -0.2) is 4.99 Å². The third-order valence-electron chi connectivity index (χ3n) is 6.24. The molecule has 9 nitrogen and oxygen atoms in total. The Morgan fingerprint density at radius 3 is 2.84 bits per heavy atom. The maximum atomic E-state index is 15.2. The van der Waals surface area contributed by atoms with E-state index in [1.807, 2.05) is 6.92 Å². The van der Waals surface area contributed by atoms with Gasteiger partial charge >= 0.3 is 5.92 Å². The van der Waals surface area contributed by atoms with Crippen LogP contribution < -0.4 is 16.4 Å². The molecular weight excluding hydrogens is 482 g/mol. The van der Waals surface area contributed by atoms with Crippen molar-refractivity contribution >= 4 is 35.1 Å². The highest BCUT2D eigenvalue weighted by Gasteiger charge is 2.41. The monoisotopic (exact) mass is 512 g/mol. The molecule has 0 radical (unpaired) electrons. The molecule has 5 N–H and O–H groups in total. The molecule has 37 heavy (non-hydrogen) atoms. The van der Waals surface area contributed by atoms with E-state index < -0.39 is 17.4 Å². The molecule has 2 aliphatic heterocycles. The van der Waals surface area contributed by atoms with Gasteiger partial charge in [0.05, 0.1) is 24.2 Å². The largest absolute Gasteiger partial charge is 0.395 e. The normalized spacial score (nSPS) is 15.0. The van der Waals surface area contributed by atoms with E-state index in [1.54, 1.807) is 12.1 Å². The van der Waals surface area contributed by atoms with Crippen molar-refractivity contribution < 1.29 is 23.5 Å². The van der Waals surface area contributed by atoms with E-state index in [0.29, 0.717) is 30.6 Å². The number of nitrogens with two attached hydrogens (primary N) is 1. The Hall–Kier alpha value is -3.70. The van der Waals surface area contributed by atoms with Crippen molar-refractivity contribution in [1.29, 1.82) is 0 Å². The highest BCUT2D eigenvalue weighted by molar-refractivity contribution is 6.05. The molecule has 0 unspecified atom stereocenters. The first-order valence-corrected chi connectivity index (χ1v) is 12.2. The van der Waals surface area contributed by atoms with E-state index in [2.05, 4.69) is 20.6 Å². The number of aliphatic imine (C=N–C) groups is 1. The van der Waals surface area contributed by atoms with Gasteiger partial charge in [-0.15, -0.1) is 0 Å². The summed E-state index contributed by atoms with van der Waals surface area (Å²) >= 11 is 0. The van der Waals surface area contributed by atoms with Gasteiger partial charge < -0.3 is 26.4 Å². The number of hydrogen-bond donors (Lipinski definition) is 4. The molecule has 0 atom stereocenters. The van der Waals surface area contributed by atoms with Crippen LogP contribution in [0.5, 0.6) is 0 Å². The number of rotatable bonds is 8. The number of benzene rings is 1. The van der Waals surface area contributed by atoms with Crippen LogP contribution in [0.15, 0.2) is 41.0 Å². The van der Waals surface area contributed by atoms with Gasteiger partial charge in [-0.2, -0.15) is 8.78 Å². The SMILES string of the molecule is CCCN(CCO)C(=O)C1=Cc2ccc(C(F)(F)C(=O)Nc3cnc4c(c3)CNCC4)cc2N=C(N)C1. The topological polar surface area (TPSA) is 133 Å². The van der Waals surface area contributed by atoms with Crippen molar-refractivity contribution in [2.45, 2.75) is 38.7 Å². The second kappa shape index (κ2) is 11.1. The van der Waals surface area contributed by atoms with E-state index in [0.717, 1.165) is 36.4 Å². The lowest BCUT2D eigenvalue weighted by Crippen LogP contribution is -2.36. The number of aliphatic hydroxyl groups is 1. The number of carbonyl (C=O) groups is 2. The van der Waals surface area contributed by atoms with Crippen molar-refractivity contribution in [3.05, 3.63) is 58.4 Å². The number of amides is 2. The van der Waals surface area contributed by atoms with Crippen LogP contribution in [-0.2, 0) is 28.5 Å². The summed E-state index contributed by atoms with van der Waals surface area (Å²) in [4.78, 5) is 35.6. The number of amidine groups is 1. The summed E-state index contributed by atoms with van der Waals surface area (Å²) in [6.45, 7) is 3.71. The van der Waals surface area contributed by atoms with Gasteiger partial charge in [0.1, 0.15) is 5.84 Å². The number of aliphatic hydroxyl groups excluding tert-OH is 1. The van der Waals surface area contributed by atoms with Crippen LogP contribution >= 0.6 is 0 Å². The molecular formula is C26H30F2N6O3. The number of alkyl halides is 2. The molecule has 1 aromatic carbocycles. The second-order valence-corrected chi connectivity index (χ2v) is 9.02. The van der Waals surface area contributed by atoms with Crippen LogP contribution in [0.4, 0.5) is 20.2 Å². The lowest BCUT2D eigenvalue weighted by Gasteiger charge is -2.22. The Kier molecular flexibility index (Phi) is 7.94. The molecule has 0 saturated heterocycles. The number of aromatic nitrogens is 1. The third kappa shape index (κ3) is 5.83. The summed E-state index contributed by atoms with van der Waals surface area (Å²) < 4.78 is 30.4. The van der Waals surface area contributed by atoms with Crippen molar-refractivity contribution in [3.63, 3.8) is 0 Å².